The van der Waals surface area contributed by atoms with Crippen molar-refractivity contribution < 1.29 is 0 Å². The van der Waals surface area contributed by atoms with Gasteiger partial charge < -0.3 is 9.80 Å². The first-order valence-electron chi connectivity index (χ1n) is 19.1. The summed E-state index contributed by atoms with van der Waals surface area (Å²) in [5.74, 6) is 0. The fourth-order valence-corrected chi connectivity index (χ4v) is 8.28. The lowest BCUT2D eigenvalue weighted by molar-refractivity contribution is 0.590. The summed E-state index contributed by atoms with van der Waals surface area (Å²) in [6.07, 6.45) is 0. The van der Waals surface area contributed by atoms with Crippen molar-refractivity contribution >= 4 is 77.2 Å². The van der Waals surface area contributed by atoms with Gasteiger partial charge >= 0.3 is 0 Å². The molecule has 0 saturated heterocycles. The first-order valence-corrected chi connectivity index (χ1v) is 19.1. The molecule has 0 amide bonds. The number of hydrogen-bond acceptors (Lipinski definition) is 2. The summed E-state index contributed by atoms with van der Waals surface area (Å²) in [6, 6.07) is 62.8. The van der Waals surface area contributed by atoms with Gasteiger partial charge in [0, 0.05) is 44.3 Å². The van der Waals surface area contributed by atoms with E-state index in [1.54, 1.807) is 0 Å². The number of hydrogen-bond donors (Lipinski definition) is 0. The van der Waals surface area contributed by atoms with Gasteiger partial charge in [-0.25, -0.2) is 0 Å². The van der Waals surface area contributed by atoms with Crippen LogP contribution < -0.4 is 9.80 Å². The maximum atomic E-state index is 2.43. The van der Waals surface area contributed by atoms with E-state index in [4.69, 9.17) is 0 Å². The van der Waals surface area contributed by atoms with Gasteiger partial charge in [-0.05, 0) is 104 Å². The van der Waals surface area contributed by atoms with Gasteiger partial charge in [0.2, 0.25) is 0 Å². The minimum absolute atomic E-state index is 0.0735. The number of nitrogens with zero attached hydrogens (tertiary/aromatic N) is 2. The molecule has 9 rings (SSSR count). The highest BCUT2D eigenvalue weighted by atomic mass is 15.1. The van der Waals surface area contributed by atoms with Crippen LogP contribution in [0.15, 0.2) is 170 Å². The molecule has 2 nitrogen and oxygen atoms in total. The Hall–Kier alpha value is -6.12. The third-order valence-corrected chi connectivity index (χ3v) is 11.1. The molecule has 0 heterocycles. The highest BCUT2D eigenvalue weighted by Crippen LogP contribution is 2.50. The summed E-state index contributed by atoms with van der Waals surface area (Å²) in [7, 11) is 0. The van der Waals surface area contributed by atoms with E-state index in [0.29, 0.717) is 0 Å². The standard InChI is InChI=1S/C52H46N2/c1-51(2,3)35-21-25-39(26-22-35)53(37-15-9-7-10-16-37)47-33-31-43-41-19-13-14-20-42(41)44-32-34-48(46-30-29-45(47)49(43)50(44)46)54(38-17-11-8-12-18-38)40-27-23-36(24-28-40)52(4,5)6/h7-34H,1-6H3. The van der Waals surface area contributed by atoms with Gasteiger partial charge in [0.15, 0.2) is 0 Å². The monoisotopic (exact) mass is 698 g/mol. The molecule has 0 N–H and O–H groups in total. The SMILES string of the molecule is CC(C)(C)c1ccc(N(c2ccccc2)c2ccc3c4ccccc4c4ccc(N(c5ccccc5)c5ccc(C(C)(C)C)cc5)c5ccc2c3c54)cc1. The van der Waals surface area contributed by atoms with E-state index in [0.717, 1.165) is 22.7 Å². The van der Waals surface area contributed by atoms with Gasteiger partial charge in [0.1, 0.15) is 0 Å². The van der Waals surface area contributed by atoms with Crippen LogP contribution in [0.2, 0.25) is 0 Å². The normalized spacial score (nSPS) is 12.3. The second kappa shape index (κ2) is 12.8. The summed E-state index contributed by atoms with van der Waals surface area (Å²) >= 11 is 0. The topological polar surface area (TPSA) is 6.48 Å². The van der Waals surface area contributed by atoms with Gasteiger partial charge in [-0.15, -0.1) is 0 Å². The Balaban J connectivity index is 1.34. The molecular weight excluding hydrogens is 653 g/mol. The fraction of sp³-hybridized carbons (Fsp3) is 0.154. The average molecular weight is 699 g/mol. The molecule has 9 aromatic carbocycles. The van der Waals surface area contributed by atoms with E-state index in [9.17, 15) is 0 Å². The van der Waals surface area contributed by atoms with Gasteiger partial charge in [0.05, 0.1) is 11.4 Å². The first-order chi connectivity index (χ1) is 26.1. The zero-order chi connectivity index (χ0) is 37.2. The van der Waals surface area contributed by atoms with Crippen molar-refractivity contribution in [3.8, 4) is 0 Å². The number of fused-ring (bicyclic) bond motifs is 3. The van der Waals surface area contributed by atoms with Crippen LogP contribution in [-0.4, -0.2) is 0 Å². The molecule has 0 unspecified atom stereocenters. The van der Waals surface area contributed by atoms with Crippen molar-refractivity contribution in [3.63, 3.8) is 0 Å². The molecule has 264 valence electrons. The molecule has 0 spiro atoms. The fourth-order valence-electron chi connectivity index (χ4n) is 8.28. The molecule has 0 aliphatic carbocycles. The van der Waals surface area contributed by atoms with Gasteiger partial charge in [-0.3, -0.25) is 0 Å². The molecule has 0 atom stereocenters. The maximum Gasteiger partial charge on any atom is 0.0540 e. The zero-order valence-electron chi connectivity index (χ0n) is 32.1. The zero-order valence-corrected chi connectivity index (χ0v) is 32.1. The van der Waals surface area contributed by atoms with Crippen LogP contribution >= 0.6 is 0 Å². The predicted molar refractivity (Wildman–Crippen MR) is 234 cm³/mol. The van der Waals surface area contributed by atoms with E-state index < -0.39 is 0 Å². The number of para-hydroxylation sites is 2. The molecule has 0 aliphatic heterocycles. The highest BCUT2D eigenvalue weighted by molar-refractivity contribution is 6.36. The van der Waals surface area contributed by atoms with Crippen molar-refractivity contribution in [2.45, 2.75) is 52.4 Å². The Labute approximate surface area is 319 Å². The molecule has 9 aromatic rings. The van der Waals surface area contributed by atoms with Crippen molar-refractivity contribution in [1.82, 2.24) is 0 Å². The van der Waals surface area contributed by atoms with Crippen LogP contribution in [0.25, 0.3) is 43.1 Å². The Morgan fingerprint density at radius 1 is 0.278 bits per heavy atom. The second-order valence-electron chi connectivity index (χ2n) is 16.7. The highest BCUT2D eigenvalue weighted by Gasteiger charge is 2.24. The largest absolute Gasteiger partial charge is 0.310 e. The summed E-state index contributed by atoms with van der Waals surface area (Å²) in [5.41, 5.74) is 9.68. The molecule has 0 aliphatic rings. The predicted octanol–water partition coefficient (Wildman–Crippen LogP) is 15.3. The van der Waals surface area contributed by atoms with Gasteiger partial charge in [0.25, 0.3) is 0 Å². The summed E-state index contributed by atoms with van der Waals surface area (Å²) in [4.78, 5) is 4.85. The van der Waals surface area contributed by atoms with E-state index in [1.165, 1.54) is 65.6 Å². The van der Waals surface area contributed by atoms with Crippen molar-refractivity contribution in [1.29, 1.82) is 0 Å². The minimum atomic E-state index is 0.0735. The van der Waals surface area contributed by atoms with Crippen LogP contribution in [0.5, 0.6) is 0 Å². The average Bonchev–Trinajstić information content (AvgIpc) is 3.19. The van der Waals surface area contributed by atoms with Crippen molar-refractivity contribution in [2.24, 2.45) is 0 Å². The van der Waals surface area contributed by atoms with E-state index in [-0.39, 0.29) is 10.8 Å². The smallest absolute Gasteiger partial charge is 0.0540 e. The van der Waals surface area contributed by atoms with E-state index in [1.807, 2.05) is 0 Å². The number of benzene rings is 9. The minimum Gasteiger partial charge on any atom is -0.310 e. The maximum absolute atomic E-state index is 2.43. The molecule has 0 fully saturated rings. The Morgan fingerprint density at radius 3 is 0.944 bits per heavy atom. The number of anilines is 6. The third kappa shape index (κ3) is 5.65. The van der Waals surface area contributed by atoms with Gasteiger partial charge in [-0.2, -0.15) is 0 Å². The van der Waals surface area contributed by atoms with Crippen molar-refractivity contribution in [2.75, 3.05) is 9.80 Å². The lowest BCUT2D eigenvalue weighted by Gasteiger charge is -2.30. The molecule has 0 aromatic heterocycles. The lowest BCUT2D eigenvalue weighted by Crippen LogP contribution is -2.14. The number of rotatable bonds is 6. The van der Waals surface area contributed by atoms with Crippen LogP contribution in [-0.2, 0) is 10.8 Å². The van der Waals surface area contributed by atoms with E-state index in [2.05, 4.69) is 221 Å². The first kappa shape index (κ1) is 33.7. The second-order valence-corrected chi connectivity index (χ2v) is 16.7. The van der Waals surface area contributed by atoms with Crippen LogP contribution in [0.1, 0.15) is 52.7 Å². The summed E-state index contributed by atoms with van der Waals surface area (Å²) in [6.45, 7) is 13.6. The third-order valence-electron chi connectivity index (χ3n) is 11.1. The summed E-state index contributed by atoms with van der Waals surface area (Å²) < 4.78 is 0. The Bertz CT molecular complexity index is 2560. The molecule has 0 radical (unpaired) electrons. The molecule has 0 bridgehead atoms. The van der Waals surface area contributed by atoms with Crippen molar-refractivity contribution in [3.05, 3.63) is 181 Å². The molecule has 54 heavy (non-hydrogen) atoms. The molecular formula is C52H46N2. The van der Waals surface area contributed by atoms with Crippen LogP contribution in [0.3, 0.4) is 0 Å². The van der Waals surface area contributed by atoms with Crippen LogP contribution in [0.4, 0.5) is 34.1 Å². The molecule has 0 saturated carbocycles. The van der Waals surface area contributed by atoms with Crippen LogP contribution in [0, 0.1) is 0 Å². The van der Waals surface area contributed by atoms with E-state index >= 15 is 0 Å². The quantitative estimate of drug-likeness (QED) is 0.126. The lowest BCUT2D eigenvalue weighted by atomic mass is 9.86. The van der Waals surface area contributed by atoms with Gasteiger partial charge in [-0.1, -0.05) is 151 Å². The Morgan fingerprint density at radius 2 is 0.593 bits per heavy atom. The Kier molecular flexibility index (Phi) is 7.97. The summed E-state index contributed by atoms with van der Waals surface area (Å²) in [5, 5.41) is 10.2. The molecule has 2 heteroatoms.